The van der Waals surface area contributed by atoms with Crippen molar-refractivity contribution in [3.63, 3.8) is 0 Å². The average Bonchev–Trinajstić information content (AvgIpc) is 3.24. The number of hydrogen-bond donors (Lipinski definition) is 1. The van der Waals surface area contributed by atoms with E-state index in [0.29, 0.717) is 21.9 Å². The van der Waals surface area contributed by atoms with Crippen molar-refractivity contribution < 1.29 is 32.2 Å². The number of fused-ring (bicyclic) bond motifs is 1. The Kier molecular flexibility index (Phi) is 8.38. The van der Waals surface area contributed by atoms with E-state index in [1.165, 1.54) is 18.4 Å². The van der Waals surface area contributed by atoms with Gasteiger partial charge in [0.2, 0.25) is 5.91 Å². The number of benzene rings is 1. The van der Waals surface area contributed by atoms with E-state index in [1.54, 1.807) is 31.2 Å². The second-order valence-electron chi connectivity index (χ2n) is 8.12. The van der Waals surface area contributed by atoms with Gasteiger partial charge < -0.3 is 14.8 Å². The quantitative estimate of drug-likeness (QED) is 0.208. The predicted octanol–water partition coefficient (Wildman–Crippen LogP) is 6.02. The summed E-state index contributed by atoms with van der Waals surface area (Å²) in [6.07, 6.45) is -1.18. The van der Waals surface area contributed by atoms with Gasteiger partial charge in [0.05, 0.1) is 30.7 Å². The zero-order valence-electron chi connectivity index (χ0n) is 20.1. The van der Waals surface area contributed by atoms with Crippen LogP contribution in [0.4, 0.5) is 18.2 Å². The van der Waals surface area contributed by atoms with Gasteiger partial charge >= 0.3 is 12.1 Å². The number of carbonyl (C=O) groups excluding carboxylic acids is 2. The lowest BCUT2D eigenvalue weighted by Crippen LogP contribution is -2.17. The maximum Gasteiger partial charge on any atom is 0.433 e. The van der Waals surface area contributed by atoms with Crippen LogP contribution in [0.25, 0.3) is 11.3 Å². The van der Waals surface area contributed by atoms with E-state index >= 15 is 0 Å². The fourth-order valence-corrected chi connectivity index (χ4v) is 5.86. The number of thioether (sulfide) groups is 1. The van der Waals surface area contributed by atoms with Crippen LogP contribution in [0.5, 0.6) is 5.75 Å². The molecule has 0 radical (unpaired) electrons. The van der Waals surface area contributed by atoms with Gasteiger partial charge in [-0.25, -0.2) is 14.8 Å². The molecule has 0 unspecified atom stereocenters. The van der Waals surface area contributed by atoms with E-state index in [1.807, 2.05) is 0 Å². The summed E-state index contributed by atoms with van der Waals surface area (Å²) in [5.41, 5.74) is 0.693. The van der Waals surface area contributed by atoms with E-state index in [4.69, 9.17) is 9.47 Å². The average molecular weight is 552 g/mol. The molecular weight excluding hydrogens is 527 g/mol. The molecular formula is C25H24F3N3O4S2. The first-order valence-corrected chi connectivity index (χ1v) is 13.3. The predicted molar refractivity (Wildman–Crippen MR) is 135 cm³/mol. The zero-order valence-corrected chi connectivity index (χ0v) is 21.7. The molecule has 0 saturated carbocycles. The summed E-state index contributed by atoms with van der Waals surface area (Å²) in [6, 6.07) is 7.29. The lowest BCUT2D eigenvalue weighted by molar-refractivity contribution is -0.141. The van der Waals surface area contributed by atoms with Gasteiger partial charge in [-0.05, 0) is 68.5 Å². The van der Waals surface area contributed by atoms with Gasteiger partial charge in [0.25, 0.3) is 0 Å². The highest BCUT2D eigenvalue weighted by Crippen LogP contribution is 2.39. The first kappa shape index (κ1) is 26.9. The Balaban J connectivity index is 1.54. The van der Waals surface area contributed by atoms with E-state index in [9.17, 15) is 22.8 Å². The van der Waals surface area contributed by atoms with Crippen molar-refractivity contribution in [2.75, 3.05) is 24.8 Å². The minimum Gasteiger partial charge on any atom is -0.497 e. The summed E-state index contributed by atoms with van der Waals surface area (Å²) in [5, 5.41) is 2.96. The lowest BCUT2D eigenvalue weighted by Gasteiger charge is -2.12. The van der Waals surface area contributed by atoms with Crippen molar-refractivity contribution in [1.82, 2.24) is 9.97 Å². The van der Waals surface area contributed by atoms with Crippen molar-refractivity contribution in [2.24, 2.45) is 0 Å². The molecule has 1 amide bonds. The minimum absolute atomic E-state index is 0.0726. The van der Waals surface area contributed by atoms with Gasteiger partial charge in [-0.15, -0.1) is 11.3 Å². The number of alkyl halides is 3. The molecule has 12 heteroatoms. The van der Waals surface area contributed by atoms with Crippen LogP contribution in [0.3, 0.4) is 0 Å². The third kappa shape index (κ3) is 6.42. The number of nitrogens with zero attached hydrogens (tertiary/aromatic N) is 2. The molecule has 2 aromatic heterocycles. The fourth-order valence-electron chi connectivity index (χ4n) is 3.91. The standard InChI is InChI=1S/C25H24F3N3O4S2/c1-3-35-23(33)21-16-6-4-5-7-18(16)37-22(21)31-20(32)13-36-24-29-17(12-19(30-24)25(26,27)28)14-8-10-15(34-2)11-9-14/h8-12H,3-7,13H2,1-2H3,(H,31,32). The number of carbonyl (C=O) groups is 2. The number of methoxy groups -OCH3 is 1. The molecule has 3 aromatic rings. The third-order valence-corrected chi connectivity index (χ3v) is 7.67. The highest BCUT2D eigenvalue weighted by atomic mass is 32.2. The van der Waals surface area contributed by atoms with Crippen LogP contribution in [-0.2, 0) is 28.5 Å². The Morgan fingerprint density at radius 3 is 2.54 bits per heavy atom. The highest BCUT2D eigenvalue weighted by molar-refractivity contribution is 7.99. The van der Waals surface area contributed by atoms with Crippen molar-refractivity contribution in [2.45, 2.75) is 43.9 Å². The molecule has 1 aromatic carbocycles. The fraction of sp³-hybridized carbons (Fsp3) is 0.360. The number of nitrogens with one attached hydrogen (secondary N) is 1. The molecule has 0 saturated heterocycles. The molecule has 4 rings (SSSR count). The number of aryl methyl sites for hydroxylation is 1. The normalized spacial score (nSPS) is 13.1. The maximum absolute atomic E-state index is 13.5. The minimum atomic E-state index is -4.69. The van der Waals surface area contributed by atoms with Gasteiger partial charge in [-0.1, -0.05) is 11.8 Å². The van der Waals surface area contributed by atoms with Crippen LogP contribution in [0.1, 0.15) is 46.3 Å². The molecule has 196 valence electrons. The Bertz CT molecular complexity index is 1290. The van der Waals surface area contributed by atoms with Gasteiger partial charge in [0, 0.05) is 10.4 Å². The number of halogens is 3. The van der Waals surface area contributed by atoms with Crippen molar-refractivity contribution in [1.29, 1.82) is 0 Å². The number of rotatable bonds is 8. The van der Waals surface area contributed by atoms with Gasteiger partial charge in [0.1, 0.15) is 16.4 Å². The first-order valence-electron chi connectivity index (χ1n) is 11.5. The van der Waals surface area contributed by atoms with E-state index < -0.39 is 23.7 Å². The number of amides is 1. The second-order valence-corrected chi connectivity index (χ2v) is 10.2. The van der Waals surface area contributed by atoms with E-state index in [-0.39, 0.29) is 23.2 Å². The molecule has 0 spiro atoms. The van der Waals surface area contributed by atoms with Crippen LogP contribution in [-0.4, -0.2) is 41.3 Å². The van der Waals surface area contributed by atoms with Crippen molar-refractivity contribution in [3.8, 4) is 17.0 Å². The summed E-state index contributed by atoms with van der Waals surface area (Å²) in [7, 11) is 1.49. The number of esters is 1. The maximum atomic E-state index is 13.5. The zero-order chi connectivity index (χ0) is 26.6. The second kappa shape index (κ2) is 11.5. The summed E-state index contributed by atoms with van der Waals surface area (Å²) < 4.78 is 50.9. The Hall–Kier alpha value is -3.12. The lowest BCUT2D eigenvalue weighted by atomic mass is 9.95. The molecule has 1 aliphatic carbocycles. The molecule has 1 N–H and O–H groups in total. The number of hydrogen-bond acceptors (Lipinski definition) is 8. The van der Waals surface area contributed by atoms with Crippen LogP contribution in [0.2, 0.25) is 0 Å². The number of aromatic nitrogens is 2. The number of anilines is 1. The van der Waals surface area contributed by atoms with Crippen molar-refractivity contribution >= 4 is 40.0 Å². The largest absolute Gasteiger partial charge is 0.497 e. The molecule has 37 heavy (non-hydrogen) atoms. The number of ether oxygens (including phenoxy) is 2. The molecule has 2 heterocycles. The van der Waals surface area contributed by atoms with Gasteiger partial charge in [-0.2, -0.15) is 13.2 Å². The molecule has 0 aliphatic heterocycles. The van der Waals surface area contributed by atoms with Crippen LogP contribution in [0, 0.1) is 0 Å². The summed E-state index contributed by atoms with van der Waals surface area (Å²) >= 11 is 2.13. The summed E-state index contributed by atoms with van der Waals surface area (Å²) in [6.45, 7) is 1.91. The van der Waals surface area contributed by atoms with Gasteiger partial charge in [-0.3, -0.25) is 4.79 Å². The monoisotopic (exact) mass is 551 g/mol. The van der Waals surface area contributed by atoms with Crippen LogP contribution in [0.15, 0.2) is 35.5 Å². The smallest absolute Gasteiger partial charge is 0.433 e. The van der Waals surface area contributed by atoms with Gasteiger partial charge in [0.15, 0.2) is 5.16 Å². The van der Waals surface area contributed by atoms with Crippen LogP contribution >= 0.6 is 23.1 Å². The Morgan fingerprint density at radius 2 is 1.86 bits per heavy atom. The molecule has 0 atom stereocenters. The Morgan fingerprint density at radius 1 is 1.14 bits per heavy atom. The van der Waals surface area contributed by atoms with E-state index in [2.05, 4.69) is 15.3 Å². The Labute approximate surface area is 219 Å². The molecule has 7 nitrogen and oxygen atoms in total. The van der Waals surface area contributed by atoms with E-state index in [0.717, 1.165) is 54.0 Å². The topological polar surface area (TPSA) is 90.4 Å². The molecule has 0 fully saturated rings. The SMILES string of the molecule is CCOC(=O)c1c(NC(=O)CSc2nc(-c3ccc(OC)cc3)cc(C(F)(F)F)n2)sc2c1CCCC2. The van der Waals surface area contributed by atoms with Crippen LogP contribution < -0.4 is 10.1 Å². The summed E-state index contributed by atoms with van der Waals surface area (Å²) in [5.74, 6) is -0.664. The first-order chi connectivity index (χ1) is 17.7. The molecule has 1 aliphatic rings. The highest BCUT2D eigenvalue weighted by Gasteiger charge is 2.34. The number of thiophene rings is 1. The van der Waals surface area contributed by atoms with Crippen molar-refractivity contribution in [3.05, 3.63) is 52.0 Å². The third-order valence-electron chi connectivity index (χ3n) is 5.62. The molecule has 0 bridgehead atoms. The summed E-state index contributed by atoms with van der Waals surface area (Å²) in [4.78, 5) is 34.3.